The molecule has 0 spiro atoms. The SMILES string of the molecule is Cc1ccc(CO)c(/C=N/NC(=O)c2cccc(F)c2)c1O. The molecule has 6 heteroatoms. The van der Waals surface area contributed by atoms with E-state index >= 15 is 0 Å². The van der Waals surface area contributed by atoms with Gasteiger partial charge in [0.1, 0.15) is 11.6 Å². The van der Waals surface area contributed by atoms with Crippen LogP contribution in [0.4, 0.5) is 4.39 Å². The molecular weight excluding hydrogens is 287 g/mol. The number of aromatic hydroxyl groups is 1. The number of halogens is 1. The van der Waals surface area contributed by atoms with Gasteiger partial charge in [-0.15, -0.1) is 0 Å². The minimum atomic E-state index is -0.576. The summed E-state index contributed by atoms with van der Waals surface area (Å²) < 4.78 is 13.0. The zero-order valence-corrected chi connectivity index (χ0v) is 11.9. The molecule has 2 aromatic carbocycles. The minimum absolute atomic E-state index is 0.0182. The minimum Gasteiger partial charge on any atom is -0.507 e. The van der Waals surface area contributed by atoms with Crippen LogP contribution in [0.3, 0.4) is 0 Å². The lowest BCUT2D eigenvalue weighted by molar-refractivity contribution is 0.0954. The van der Waals surface area contributed by atoms with Gasteiger partial charge in [-0.25, -0.2) is 9.82 Å². The maximum Gasteiger partial charge on any atom is 0.271 e. The van der Waals surface area contributed by atoms with Gasteiger partial charge in [0.25, 0.3) is 5.91 Å². The van der Waals surface area contributed by atoms with Crippen LogP contribution in [0, 0.1) is 12.7 Å². The number of rotatable bonds is 4. The van der Waals surface area contributed by atoms with E-state index in [-0.39, 0.29) is 17.9 Å². The van der Waals surface area contributed by atoms with Crippen LogP contribution in [0.15, 0.2) is 41.5 Å². The highest BCUT2D eigenvalue weighted by Gasteiger charge is 2.09. The summed E-state index contributed by atoms with van der Waals surface area (Å²) in [6, 6.07) is 8.53. The van der Waals surface area contributed by atoms with Crippen molar-refractivity contribution < 1.29 is 19.4 Å². The van der Waals surface area contributed by atoms with Gasteiger partial charge in [0, 0.05) is 11.1 Å². The van der Waals surface area contributed by atoms with Crippen molar-refractivity contribution in [1.29, 1.82) is 0 Å². The first-order valence-electron chi connectivity index (χ1n) is 6.54. The summed E-state index contributed by atoms with van der Waals surface area (Å²) in [4.78, 5) is 11.8. The van der Waals surface area contributed by atoms with Crippen LogP contribution in [0.25, 0.3) is 0 Å². The molecule has 0 aromatic heterocycles. The van der Waals surface area contributed by atoms with Gasteiger partial charge in [0.15, 0.2) is 0 Å². The lowest BCUT2D eigenvalue weighted by atomic mass is 10.0. The van der Waals surface area contributed by atoms with Gasteiger partial charge < -0.3 is 10.2 Å². The molecule has 0 radical (unpaired) electrons. The molecule has 1 amide bonds. The number of benzene rings is 2. The fourth-order valence-electron chi connectivity index (χ4n) is 1.89. The third-order valence-corrected chi connectivity index (χ3v) is 3.13. The van der Waals surface area contributed by atoms with Crippen molar-refractivity contribution >= 4 is 12.1 Å². The van der Waals surface area contributed by atoms with Gasteiger partial charge in [-0.3, -0.25) is 4.79 Å². The number of carbonyl (C=O) groups is 1. The van der Waals surface area contributed by atoms with Crippen molar-refractivity contribution in [3.8, 4) is 5.75 Å². The normalized spacial score (nSPS) is 10.9. The Bertz CT molecular complexity index is 729. The molecular formula is C16H15FN2O3. The molecule has 0 saturated heterocycles. The zero-order chi connectivity index (χ0) is 16.1. The van der Waals surface area contributed by atoms with Crippen molar-refractivity contribution in [2.75, 3.05) is 0 Å². The summed E-state index contributed by atoms with van der Waals surface area (Å²) in [6.07, 6.45) is 1.24. The zero-order valence-electron chi connectivity index (χ0n) is 11.9. The largest absolute Gasteiger partial charge is 0.507 e. The Kier molecular flexibility index (Phi) is 4.85. The van der Waals surface area contributed by atoms with E-state index in [2.05, 4.69) is 10.5 Å². The Hall–Kier alpha value is -2.73. The van der Waals surface area contributed by atoms with Gasteiger partial charge in [-0.1, -0.05) is 18.2 Å². The molecule has 3 N–H and O–H groups in total. The van der Waals surface area contributed by atoms with E-state index in [4.69, 9.17) is 0 Å². The van der Waals surface area contributed by atoms with Gasteiger partial charge in [0.2, 0.25) is 0 Å². The van der Waals surface area contributed by atoms with E-state index in [0.29, 0.717) is 16.7 Å². The molecule has 0 aliphatic rings. The van der Waals surface area contributed by atoms with Crippen LogP contribution in [0.2, 0.25) is 0 Å². The molecule has 0 unspecified atom stereocenters. The quantitative estimate of drug-likeness (QED) is 0.597. The first-order valence-corrected chi connectivity index (χ1v) is 6.54. The number of carbonyl (C=O) groups excluding carboxylic acids is 1. The van der Waals surface area contributed by atoms with Crippen molar-refractivity contribution in [3.05, 3.63) is 64.5 Å². The third-order valence-electron chi connectivity index (χ3n) is 3.13. The summed E-state index contributed by atoms with van der Waals surface area (Å²) in [5.41, 5.74) is 3.80. The van der Waals surface area contributed by atoms with E-state index in [0.717, 1.165) is 6.07 Å². The molecule has 2 rings (SSSR count). The molecule has 5 nitrogen and oxygen atoms in total. The first-order chi connectivity index (χ1) is 10.5. The molecule has 0 bridgehead atoms. The standard InChI is InChI=1S/C16H15FN2O3/c1-10-5-6-12(9-20)14(15(10)21)8-18-19-16(22)11-3-2-4-13(17)7-11/h2-8,20-21H,9H2,1H3,(H,19,22)/b18-8+. The van der Waals surface area contributed by atoms with E-state index in [1.54, 1.807) is 19.1 Å². The molecule has 22 heavy (non-hydrogen) atoms. The fraction of sp³-hybridized carbons (Fsp3) is 0.125. The summed E-state index contributed by atoms with van der Waals surface area (Å²) >= 11 is 0. The maximum absolute atomic E-state index is 13.0. The number of phenolic OH excluding ortho intramolecular Hbond substituents is 1. The van der Waals surface area contributed by atoms with Crippen LogP contribution >= 0.6 is 0 Å². The average molecular weight is 302 g/mol. The lowest BCUT2D eigenvalue weighted by Crippen LogP contribution is -2.17. The average Bonchev–Trinajstić information content (AvgIpc) is 2.51. The summed E-state index contributed by atoms with van der Waals surface area (Å²) in [5, 5.41) is 23.0. The molecule has 0 fully saturated rings. The second-order valence-corrected chi connectivity index (χ2v) is 4.67. The third kappa shape index (κ3) is 3.48. The molecule has 0 aliphatic carbocycles. The number of amides is 1. The van der Waals surface area contributed by atoms with Gasteiger partial charge in [-0.2, -0.15) is 5.10 Å². The Morgan fingerprint density at radius 3 is 2.82 bits per heavy atom. The monoisotopic (exact) mass is 302 g/mol. The van der Waals surface area contributed by atoms with Crippen LogP contribution in [0.1, 0.15) is 27.0 Å². The number of hydrogen-bond acceptors (Lipinski definition) is 4. The molecule has 0 heterocycles. The summed E-state index contributed by atoms with van der Waals surface area (Å²) in [5.74, 6) is -1.11. The topological polar surface area (TPSA) is 81.9 Å². The Morgan fingerprint density at radius 2 is 2.14 bits per heavy atom. The Morgan fingerprint density at radius 1 is 1.36 bits per heavy atom. The number of aliphatic hydroxyl groups is 1. The highest BCUT2D eigenvalue weighted by molar-refractivity contribution is 5.95. The highest BCUT2D eigenvalue weighted by Crippen LogP contribution is 2.23. The smallest absolute Gasteiger partial charge is 0.271 e. The molecule has 114 valence electrons. The van der Waals surface area contributed by atoms with Crippen molar-refractivity contribution in [3.63, 3.8) is 0 Å². The predicted molar refractivity (Wildman–Crippen MR) is 80.2 cm³/mol. The van der Waals surface area contributed by atoms with Gasteiger partial charge >= 0.3 is 0 Å². The Balaban J connectivity index is 2.16. The van der Waals surface area contributed by atoms with Gasteiger partial charge in [-0.05, 0) is 36.2 Å². The number of phenols is 1. The van der Waals surface area contributed by atoms with Crippen LogP contribution in [-0.4, -0.2) is 22.3 Å². The number of hydrogen-bond donors (Lipinski definition) is 3. The van der Waals surface area contributed by atoms with Crippen molar-refractivity contribution in [1.82, 2.24) is 5.43 Å². The van der Waals surface area contributed by atoms with Crippen LogP contribution < -0.4 is 5.43 Å². The van der Waals surface area contributed by atoms with Gasteiger partial charge in [0.05, 0.1) is 12.8 Å². The van der Waals surface area contributed by atoms with E-state index in [1.165, 1.54) is 24.4 Å². The van der Waals surface area contributed by atoms with E-state index in [1.807, 2.05) is 0 Å². The number of aliphatic hydroxyl groups excluding tert-OH is 1. The second kappa shape index (κ2) is 6.82. The molecule has 0 aliphatic heterocycles. The van der Waals surface area contributed by atoms with Crippen molar-refractivity contribution in [2.24, 2.45) is 5.10 Å². The van der Waals surface area contributed by atoms with Crippen LogP contribution in [-0.2, 0) is 6.61 Å². The predicted octanol–water partition coefficient (Wildman–Crippen LogP) is 2.10. The fourth-order valence-corrected chi connectivity index (χ4v) is 1.89. The Labute approximate surface area is 126 Å². The number of nitrogens with zero attached hydrogens (tertiary/aromatic N) is 1. The number of nitrogens with one attached hydrogen (secondary N) is 1. The molecule has 0 atom stereocenters. The summed E-state index contributed by atoms with van der Waals surface area (Å²) in [7, 11) is 0. The maximum atomic E-state index is 13.0. The number of aryl methyl sites for hydroxylation is 1. The summed E-state index contributed by atoms with van der Waals surface area (Å²) in [6.45, 7) is 1.44. The van der Waals surface area contributed by atoms with E-state index < -0.39 is 11.7 Å². The second-order valence-electron chi connectivity index (χ2n) is 4.67. The van der Waals surface area contributed by atoms with Crippen LogP contribution in [0.5, 0.6) is 5.75 Å². The lowest BCUT2D eigenvalue weighted by Gasteiger charge is -2.07. The molecule has 0 saturated carbocycles. The number of hydrazone groups is 1. The van der Waals surface area contributed by atoms with Crippen molar-refractivity contribution in [2.45, 2.75) is 13.5 Å². The highest BCUT2D eigenvalue weighted by atomic mass is 19.1. The van der Waals surface area contributed by atoms with E-state index in [9.17, 15) is 19.4 Å². The first kappa shape index (κ1) is 15.7. The molecule has 2 aromatic rings.